The van der Waals surface area contributed by atoms with Crippen molar-refractivity contribution in [2.45, 2.75) is 50.0 Å². The van der Waals surface area contributed by atoms with Gasteiger partial charge in [-0.2, -0.15) is 4.31 Å². The van der Waals surface area contributed by atoms with Crippen molar-refractivity contribution in [3.8, 4) is 5.75 Å². The molecule has 0 radical (unpaired) electrons. The zero-order chi connectivity index (χ0) is 26.4. The first-order chi connectivity index (χ1) is 16.8. The molecule has 1 fully saturated rings. The molecule has 1 saturated heterocycles. The van der Waals surface area contributed by atoms with Crippen molar-refractivity contribution >= 4 is 21.9 Å². The van der Waals surface area contributed by atoms with Crippen molar-refractivity contribution < 1.29 is 41.0 Å². The van der Waals surface area contributed by atoms with Crippen LogP contribution in [0.1, 0.15) is 35.3 Å². The fourth-order valence-electron chi connectivity index (χ4n) is 5.08. The van der Waals surface area contributed by atoms with Crippen LogP contribution in [0, 0.1) is 5.92 Å². The molecule has 1 amide bonds. The van der Waals surface area contributed by atoms with Crippen molar-refractivity contribution in [2.24, 2.45) is 5.92 Å². The highest BCUT2D eigenvalue weighted by Crippen LogP contribution is 2.35. The Morgan fingerprint density at radius 2 is 1.61 bits per heavy atom. The van der Waals surface area contributed by atoms with Gasteiger partial charge in [-0.3, -0.25) is 9.59 Å². The van der Waals surface area contributed by atoms with Crippen LogP contribution in [-0.4, -0.2) is 66.1 Å². The van der Waals surface area contributed by atoms with Gasteiger partial charge in [0.25, 0.3) is 5.91 Å². The number of halogens is 3. The van der Waals surface area contributed by atoms with Gasteiger partial charge in [0, 0.05) is 30.7 Å². The minimum absolute atomic E-state index is 0.0793. The number of nitrogens with zero attached hydrogens (tertiary/aromatic N) is 2. The van der Waals surface area contributed by atoms with Gasteiger partial charge in [0.1, 0.15) is 5.75 Å². The number of carbonyl (C=O) groups excluding carboxylic acids is 1. The van der Waals surface area contributed by atoms with Gasteiger partial charge in [0.2, 0.25) is 10.0 Å². The SMILES string of the molecule is CC1CN(C(=O)c2ccc(OC(F)(F)F)cc2)CC(C)N1S(=O)(=O)c1cccc2c1CC(C(=O)O)C2. The summed E-state index contributed by atoms with van der Waals surface area (Å²) in [7, 11) is -3.99. The molecule has 3 unspecified atom stereocenters. The van der Waals surface area contributed by atoms with Crippen LogP contribution in [0.4, 0.5) is 13.2 Å². The van der Waals surface area contributed by atoms with Gasteiger partial charge in [-0.1, -0.05) is 12.1 Å². The lowest BCUT2D eigenvalue weighted by molar-refractivity contribution is -0.274. The lowest BCUT2D eigenvalue weighted by atomic mass is 10.1. The average molecular weight is 527 g/mol. The summed E-state index contributed by atoms with van der Waals surface area (Å²) in [5, 5.41) is 9.40. The first-order valence-electron chi connectivity index (χ1n) is 11.3. The summed E-state index contributed by atoms with van der Waals surface area (Å²) in [5.41, 5.74) is 1.38. The number of hydrogen-bond donors (Lipinski definition) is 1. The summed E-state index contributed by atoms with van der Waals surface area (Å²) in [5.74, 6) is -2.53. The zero-order valence-corrected chi connectivity index (χ0v) is 20.3. The third-order valence-electron chi connectivity index (χ3n) is 6.51. The van der Waals surface area contributed by atoms with E-state index in [4.69, 9.17) is 0 Å². The molecule has 0 aromatic heterocycles. The Labute approximate surface area is 206 Å². The number of alkyl halides is 3. The third kappa shape index (κ3) is 5.05. The predicted molar refractivity (Wildman–Crippen MR) is 122 cm³/mol. The fourth-order valence-corrected chi connectivity index (χ4v) is 7.16. The molecule has 1 N–H and O–H groups in total. The number of ether oxygens (including phenoxy) is 1. The summed E-state index contributed by atoms with van der Waals surface area (Å²) in [4.78, 5) is 26.0. The Morgan fingerprint density at radius 1 is 1.00 bits per heavy atom. The van der Waals surface area contributed by atoms with Crippen LogP contribution >= 0.6 is 0 Å². The number of amides is 1. The second kappa shape index (κ2) is 9.40. The standard InChI is InChI=1S/C24H25F3N2O6S/c1-14-12-28(22(30)16-6-8-19(9-7-16)35-24(25,26)27)13-15(2)29(14)36(33,34)21-5-3-4-17-10-18(23(31)32)11-20(17)21/h3-9,14-15,18H,10-13H2,1-2H3,(H,31,32). The molecule has 12 heteroatoms. The van der Waals surface area contributed by atoms with Gasteiger partial charge in [0.15, 0.2) is 0 Å². The number of carboxylic acid groups (broad SMARTS) is 1. The van der Waals surface area contributed by atoms with E-state index in [0.717, 1.165) is 12.1 Å². The molecule has 1 aliphatic carbocycles. The summed E-state index contributed by atoms with van der Waals surface area (Å²) >= 11 is 0. The number of rotatable bonds is 5. The molecule has 8 nitrogen and oxygen atoms in total. The van der Waals surface area contributed by atoms with E-state index in [0.29, 0.717) is 11.1 Å². The molecule has 2 aromatic carbocycles. The fraction of sp³-hybridized carbons (Fsp3) is 0.417. The summed E-state index contributed by atoms with van der Waals surface area (Å²) in [6.07, 6.45) is -4.44. The number of fused-ring (bicyclic) bond motifs is 1. The molecular formula is C24H25F3N2O6S. The first kappa shape index (κ1) is 26.0. The molecular weight excluding hydrogens is 501 g/mol. The Morgan fingerprint density at radius 3 is 2.17 bits per heavy atom. The average Bonchev–Trinajstić information content (AvgIpc) is 3.22. The summed E-state index contributed by atoms with van der Waals surface area (Å²) in [6, 6.07) is 8.21. The quantitative estimate of drug-likeness (QED) is 0.641. The maximum atomic E-state index is 13.7. The Bertz CT molecular complexity index is 1270. The highest BCUT2D eigenvalue weighted by Gasteiger charge is 2.42. The number of aliphatic carboxylic acids is 1. The minimum atomic E-state index is -4.84. The number of carboxylic acids is 1. The Balaban J connectivity index is 1.52. The van der Waals surface area contributed by atoms with Crippen LogP contribution in [0.2, 0.25) is 0 Å². The molecule has 2 aromatic rings. The molecule has 36 heavy (non-hydrogen) atoms. The van der Waals surface area contributed by atoms with E-state index >= 15 is 0 Å². The van der Waals surface area contributed by atoms with Gasteiger partial charge >= 0.3 is 12.3 Å². The second-order valence-electron chi connectivity index (χ2n) is 9.15. The van der Waals surface area contributed by atoms with E-state index in [2.05, 4.69) is 4.74 Å². The molecule has 4 rings (SSSR count). The second-order valence-corrected chi connectivity index (χ2v) is 11.0. The van der Waals surface area contributed by atoms with Crippen LogP contribution in [0.5, 0.6) is 5.75 Å². The maximum Gasteiger partial charge on any atom is 0.573 e. The summed E-state index contributed by atoms with van der Waals surface area (Å²) in [6.45, 7) is 3.51. The molecule has 1 aliphatic heterocycles. The van der Waals surface area contributed by atoms with E-state index in [1.807, 2.05) is 0 Å². The van der Waals surface area contributed by atoms with E-state index in [9.17, 15) is 36.3 Å². The monoisotopic (exact) mass is 526 g/mol. The van der Waals surface area contributed by atoms with Crippen LogP contribution in [-0.2, 0) is 27.7 Å². The minimum Gasteiger partial charge on any atom is -0.481 e. The lowest BCUT2D eigenvalue weighted by Crippen LogP contribution is -2.59. The highest BCUT2D eigenvalue weighted by molar-refractivity contribution is 7.89. The highest BCUT2D eigenvalue weighted by atomic mass is 32.2. The Hall–Kier alpha value is -3.12. The number of hydrogen-bond acceptors (Lipinski definition) is 5. The van der Waals surface area contributed by atoms with Gasteiger partial charge < -0.3 is 14.7 Å². The van der Waals surface area contributed by atoms with Gasteiger partial charge in [-0.25, -0.2) is 8.42 Å². The molecule has 0 spiro atoms. The molecule has 0 bridgehead atoms. The van der Waals surface area contributed by atoms with Crippen LogP contribution in [0.15, 0.2) is 47.4 Å². The largest absolute Gasteiger partial charge is 0.573 e. The van der Waals surface area contributed by atoms with E-state index in [1.165, 1.54) is 27.4 Å². The lowest BCUT2D eigenvalue weighted by Gasteiger charge is -2.43. The van der Waals surface area contributed by atoms with Gasteiger partial charge in [-0.15, -0.1) is 13.2 Å². The molecule has 1 heterocycles. The number of sulfonamides is 1. The number of piperazine rings is 1. The zero-order valence-electron chi connectivity index (χ0n) is 19.5. The van der Waals surface area contributed by atoms with E-state index < -0.39 is 52.0 Å². The topological polar surface area (TPSA) is 104 Å². The van der Waals surface area contributed by atoms with Crippen LogP contribution in [0.25, 0.3) is 0 Å². The maximum absolute atomic E-state index is 13.7. The molecule has 3 atom stereocenters. The number of carbonyl (C=O) groups is 2. The van der Waals surface area contributed by atoms with Crippen LogP contribution in [0.3, 0.4) is 0 Å². The summed E-state index contributed by atoms with van der Waals surface area (Å²) < 4.78 is 69.8. The van der Waals surface area contributed by atoms with Gasteiger partial charge in [0.05, 0.1) is 10.8 Å². The smallest absolute Gasteiger partial charge is 0.481 e. The molecule has 194 valence electrons. The van der Waals surface area contributed by atoms with Crippen molar-refractivity contribution in [3.63, 3.8) is 0 Å². The van der Waals surface area contributed by atoms with E-state index in [1.54, 1.807) is 26.0 Å². The predicted octanol–water partition coefficient (Wildman–Crippen LogP) is 3.31. The van der Waals surface area contributed by atoms with Crippen molar-refractivity contribution in [1.29, 1.82) is 0 Å². The Kier molecular flexibility index (Phi) is 6.78. The van der Waals surface area contributed by atoms with Crippen molar-refractivity contribution in [2.75, 3.05) is 13.1 Å². The van der Waals surface area contributed by atoms with Crippen molar-refractivity contribution in [1.82, 2.24) is 9.21 Å². The molecule has 0 saturated carbocycles. The van der Waals surface area contributed by atoms with E-state index in [-0.39, 0.29) is 36.4 Å². The first-order valence-corrected chi connectivity index (χ1v) is 12.7. The normalized spacial score (nSPS) is 22.8. The van der Waals surface area contributed by atoms with Gasteiger partial charge in [-0.05, 0) is 68.1 Å². The van der Waals surface area contributed by atoms with Crippen LogP contribution < -0.4 is 4.74 Å². The third-order valence-corrected chi connectivity index (χ3v) is 8.72. The molecule has 2 aliphatic rings. The number of benzene rings is 2. The van der Waals surface area contributed by atoms with Crippen molar-refractivity contribution in [3.05, 3.63) is 59.2 Å².